The summed E-state index contributed by atoms with van der Waals surface area (Å²) >= 11 is 6.07. The van der Waals surface area contributed by atoms with E-state index in [4.69, 9.17) is 50.5 Å². The van der Waals surface area contributed by atoms with Crippen molar-refractivity contribution in [1.82, 2.24) is 24.7 Å². The van der Waals surface area contributed by atoms with E-state index in [1.54, 1.807) is 83.1 Å². The highest BCUT2D eigenvalue weighted by molar-refractivity contribution is 6.33. The smallest absolute Gasteiger partial charge is 0.426 e. The molecule has 3 N–H and O–H groups in total. The van der Waals surface area contributed by atoms with E-state index in [-0.39, 0.29) is 42.2 Å². The molecule has 0 spiro atoms. The molecule has 0 saturated carbocycles. The third-order valence-electron chi connectivity index (χ3n) is 14.6. The lowest BCUT2D eigenvalue weighted by atomic mass is 10.1. The first kappa shape index (κ1) is 85.7. The maximum absolute atomic E-state index is 13.4. The Balaban J connectivity index is 0.000000387. The van der Waals surface area contributed by atoms with Gasteiger partial charge in [0.25, 0.3) is 0 Å². The number of carbonyl (C=O) groups is 4. The van der Waals surface area contributed by atoms with Crippen LogP contribution in [0.1, 0.15) is 204 Å². The summed E-state index contributed by atoms with van der Waals surface area (Å²) in [5.74, 6) is -1.28. The average molecular weight is 1410 g/mol. The zero-order valence-electron chi connectivity index (χ0n) is 62.1. The summed E-state index contributed by atoms with van der Waals surface area (Å²) in [4.78, 5) is 91.3. The van der Waals surface area contributed by atoms with Crippen molar-refractivity contribution in [3.63, 3.8) is 0 Å². The molecule has 0 unspecified atom stereocenters. The van der Waals surface area contributed by atoms with Gasteiger partial charge in [0.05, 0.1) is 23.1 Å². The van der Waals surface area contributed by atoms with Crippen molar-refractivity contribution in [2.45, 2.75) is 230 Å². The van der Waals surface area contributed by atoms with E-state index in [2.05, 4.69) is 75.0 Å². The van der Waals surface area contributed by atoms with E-state index in [9.17, 15) is 39.4 Å². The fourth-order valence-electron chi connectivity index (χ4n) is 9.61. The number of nitro groups is 2. The molecule has 7 rings (SSSR count). The van der Waals surface area contributed by atoms with Crippen LogP contribution in [0.5, 0.6) is 11.8 Å². The van der Waals surface area contributed by atoms with Gasteiger partial charge in [-0.25, -0.2) is 19.2 Å². The number of carbonyl (C=O) groups excluding carboxylic acids is 4. The number of hydrogen-bond donors (Lipinski definition) is 2. The van der Waals surface area contributed by atoms with Crippen molar-refractivity contribution in [2.75, 3.05) is 87.4 Å². The molecule has 3 saturated heterocycles. The minimum atomic E-state index is -1.20. The fraction of sp³-hybridized carbons (Fsp3) is 0.639. The Kier molecular flexibility index (Phi) is 36.9. The lowest BCUT2D eigenvalue weighted by Gasteiger charge is -2.28. The number of likely N-dealkylation sites (tertiary alicyclic amines) is 2. The molecule has 0 bridgehead atoms. The molecule has 2 aromatic heterocycles. The Labute approximate surface area is 592 Å². The maximum Gasteiger partial charge on any atom is 0.426 e. The molecule has 27 heteroatoms. The molecule has 3 aliphatic heterocycles. The van der Waals surface area contributed by atoms with E-state index in [0.29, 0.717) is 29.2 Å². The standard InChI is InChI=1S/C31H45N5O7.C19H28ClN3O7.C12H18N2.C6H15N.C4H8O/c1-8-9-18-41-25-19-24(32-20-22-12-14-23(15-13-22)21-34-16-10-11-17-34)26(36(39)40)27(33-25)35(28(37)42-30(2,3)4)29(38)43-31(5,6)7;1-8-9-10-28-13-11-12(20)14(23(26)27)15(21-13)22(16(24)29-18(2,3)4)17(25)30-19(5,6)7;13-9-11-3-5-12(6-4-11)10-14-7-1-2-8-14;1-4-7(5-2)6-3;1-2-4-5-3-1/h12-15,19H,8-11,16-18,20-21H2,1-7H3,(H,32,33);11H,8-10H2,1-7H3;3-6H,1-2,7-10,13H2;4-6H2,1-3H3;1-4H2. The summed E-state index contributed by atoms with van der Waals surface area (Å²) in [6.45, 7) is 43.4. The third kappa shape index (κ3) is 33.0. The minimum Gasteiger partial charge on any atom is -0.478 e. The van der Waals surface area contributed by atoms with Gasteiger partial charge in [-0.1, -0.05) is 108 Å². The summed E-state index contributed by atoms with van der Waals surface area (Å²) in [6, 6.07) is 19.2. The summed E-state index contributed by atoms with van der Waals surface area (Å²) in [7, 11) is 0. The third-order valence-corrected chi connectivity index (χ3v) is 14.9. The number of nitrogens with one attached hydrogen (secondary N) is 1. The van der Waals surface area contributed by atoms with Crippen LogP contribution < -0.4 is 30.3 Å². The lowest BCUT2D eigenvalue weighted by molar-refractivity contribution is -0.384. The van der Waals surface area contributed by atoms with E-state index in [1.165, 1.54) is 94.0 Å². The maximum atomic E-state index is 13.4. The molecule has 0 radical (unpaired) electrons. The number of anilines is 3. The molecule has 0 aliphatic carbocycles. The number of nitrogens with two attached hydrogens (primary N) is 1. The monoisotopic (exact) mass is 1410 g/mol. The van der Waals surface area contributed by atoms with Crippen LogP contribution >= 0.6 is 11.6 Å². The molecule has 554 valence electrons. The molecule has 26 nitrogen and oxygen atoms in total. The molecule has 5 heterocycles. The first-order valence-electron chi connectivity index (χ1n) is 34.7. The highest BCUT2D eigenvalue weighted by Crippen LogP contribution is 2.40. The van der Waals surface area contributed by atoms with Crippen LogP contribution in [0.3, 0.4) is 0 Å². The first-order chi connectivity index (χ1) is 46.5. The van der Waals surface area contributed by atoms with E-state index >= 15 is 0 Å². The number of unbranched alkanes of at least 4 members (excludes halogenated alkanes) is 2. The molecule has 3 fully saturated rings. The molecular formula is C72H114ClN11O15. The van der Waals surface area contributed by atoms with Crippen LogP contribution in [0.25, 0.3) is 0 Å². The molecule has 99 heavy (non-hydrogen) atoms. The Bertz CT molecular complexity index is 3040. The van der Waals surface area contributed by atoms with Crippen molar-refractivity contribution in [1.29, 1.82) is 0 Å². The number of imide groups is 2. The predicted octanol–water partition coefficient (Wildman–Crippen LogP) is 16.4. The molecule has 3 aliphatic rings. The minimum absolute atomic E-state index is 0.00892. The van der Waals surface area contributed by atoms with Crippen LogP contribution in [-0.2, 0) is 49.9 Å². The number of aromatic nitrogens is 2. The van der Waals surface area contributed by atoms with Crippen LogP contribution in [0.15, 0.2) is 60.7 Å². The second kappa shape index (κ2) is 42.6. The molecule has 4 amide bonds. The Morgan fingerprint density at radius 3 is 1.19 bits per heavy atom. The van der Waals surface area contributed by atoms with E-state index in [0.717, 1.165) is 63.9 Å². The summed E-state index contributed by atoms with van der Waals surface area (Å²) in [5.41, 5.74) is 4.93. The van der Waals surface area contributed by atoms with Gasteiger partial charge < -0.3 is 49.1 Å². The Morgan fingerprint density at radius 1 is 0.545 bits per heavy atom. The Morgan fingerprint density at radius 2 is 0.889 bits per heavy atom. The van der Waals surface area contributed by atoms with Crippen molar-refractivity contribution >= 4 is 64.7 Å². The van der Waals surface area contributed by atoms with E-state index in [1.807, 2.05) is 38.1 Å². The normalized spacial score (nSPS) is 13.9. The van der Waals surface area contributed by atoms with Crippen molar-refractivity contribution in [2.24, 2.45) is 5.73 Å². The highest BCUT2D eigenvalue weighted by atomic mass is 35.5. The number of pyridine rings is 2. The first-order valence-corrected chi connectivity index (χ1v) is 35.1. The van der Waals surface area contributed by atoms with Gasteiger partial charge >= 0.3 is 35.7 Å². The van der Waals surface area contributed by atoms with Gasteiger partial charge in [-0.05, 0) is 203 Å². The van der Waals surface area contributed by atoms with Gasteiger partial charge in [-0.15, -0.1) is 0 Å². The van der Waals surface area contributed by atoms with Crippen molar-refractivity contribution in [3.8, 4) is 11.8 Å². The van der Waals surface area contributed by atoms with Crippen LogP contribution in [0, 0.1) is 20.2 Å². The highest BCUT2D eigenvalue weighted by Gasteiger charge is 2.42. The van der Waals surface area contributed by atoms with Gasteiger partial charge in [0.1, 0.15) is 33.1 Å². The number of benzene rings is 2. The summed E-state index contributed by atoms with van der Waals surface area (Å²) < 4.78 is 37.6. The van der Waals surface area contributed by atoms with E-state index < -0.39 is 79.6 Å². The number of amides is 4. The van der Waals surface area contributed by atoms with Gasteiger partial charge in [0.2, 0.25) is 23.4 Å². The topological polar surface area (TPSA) is 299 Å². The zero-order valence-corrected chi connectivity index (χ0v) is 62.8. The summed E-state index contributed by atoms with van der Waals surface area (Å²) in [6.07, 6.45) is 6.10. The number of halogens is 1. The van der Waals surface area contributed by atoms with Gasteiger partial charge in [-0.3, -0.25) is 30.0 Å². The molecule has 2 aromatic carbocycles. The van der Waals surface area contributed by atoms with Crippen molar-refractivity contribution < 1.29 is 62.2 Å². The summed E-state index contributed by atoms with van der Waals surface area (Å²) in [5, 5.41) is 26.9. The lowest BCUT2D eigenvalue weighted by Crippen LogP contribution is -2.44. The largest absolute Gasteiger partial charge is 0.478 e. The van der Waals surface area contributed by atoms with Crippen LogP contribution in [0.4, 0.5) is 47.9 Å². The number of nitrogens with zero attached hydrogens (tertiary/aromatic N) is 9. The van der Waals surface area contributed by atoms with Crippen LogP contribution in [0.2, 0.25) is 5.02 Å². The molecular weight excluding hydrogens is 1290 g/mol. The zero-order chi connectivity index (χ0) is 74.1. The average Bonchev–Trinajstić information content (AvgIpc) is 1.14. The second-order valence-electron chi connectivity index (χ2n) is 27.9. The quantitative estimate of drug-likeness (QED) is 0.0302. The van der Waals surface area contributed by atoms with Gasteiger partial charge in [0, 0.05) is 51.5 Å². The van der Waals surface area contributed by atoms with Crippen LogP contribution in [-0.4, -0.2) is 154 Å². The second-order valence-corrected chi connectivity index (χ2v) is 28.3. The Hall–Kier alpha value is -7.49. The molecule has 0 atom stereocenters. The number of hydrogen-bond acceptors (Lipinski definition) is 22. The van der Waals surface area contributed by atoms with Gasteiger partial charge in [0.15, 0.2) is 0 Å². The SMILES string of the molecule is C1CCOC1.CCCCOc1cc(Cl)c([N+](=O)[O-])c(N(C(=O)OC(C)(C)C)C(=O)OC(C)(C)C)n1.CCCCOc1cc(NCc2ccc(CN3CCCC3)cc2)c([N+](=O)[O-])c(N(C(=O)OC(C)(C)C)C(=O)OC(C)(C)C)n1.CCN(CC)CC.NCc1ccc(CN2CCCC2)cc1. The molecule has 4 aromatic rings. The number of ether oxygens (including phenoxy) is 7. The van der Waals surface area contributed by atoms with Gasteiger partial charge in [-0.2, -0.15) is 19.8 Å². The predicted molar refractivity (Wildman–Crippen MR) is 388 cm³/mol. The fourth-order valence-corrected chi connectivity index (χ4v) is 9.85. The number of rotatable bonds is 23. The van der Waals surface area contributed by atoms with Crippen molar-refractivity contribution in [3.05, 3.63) is 108 Å².